The van der Waals surface area contributed by atoms with E-state index in [-0.39, 0.29) is 19.2 Å². The number of benzene rings is 1. The van der Waals surface area contributed by atoms with Gasteiger partial charge in [0.1, 0.15) is 25.1 Å². The van der Waals surface area contributed by atoms with Gasteiger partial charge in [-0.05, 0) is 100 Å². The molecule has 1 atom stereocenters. The van der Waals surface area contributed by atoms with Gasteiger partial charge in [0, 0.05) is 3.57 Å². The molecule has 0 radical (unpaired) electrons. The lowest BCUT2D eigenvalue weighted by Crippen LogP contribution is -2.31. The number of esters is 1. The SMILES string of the molecule is CCC(C)(C)C(=O)OCC(O)COc1c(I)cc(I)cc1I. The van der Waals surface area contributed by atoms with Crippen molar-refractivity contribution in [1.29, 1.82) is 0 Å². The van der Waals surface area contributed by atoms with E-state index in [0.717, 1.165) is 16.5 Å². The van der Waals surface area contributed by atoms with E-state index in [1.807, 2.05) is 32.9 Å². The molecule has 22 heavy (non-hydrogen) atoms. The molecule has 0 saturated carbocycles. The molecule has 0 bridgehead atoms. The minimum atomic E-state index is -0.845. The van der Waals surface area contributed by atoms with Crippen molar-refractivity contribution in [2.75, 3.05) is 13.2 Å². The topological polar surface area (TPSA) is 55.8 Å². The lowest BCUT2D eigenvalue weighted by molar-refractivity contribution is -0.157. The Labute approximate surface area is 172 Å². The third kappa shape index (κ3) is 6.27. The van der Waals surface area contributed by atoms with E-state index in [2.05, 4.69) is 67.8 Å². The minimum Gasteiger partial charge on any atom is -0.489 e. The van der Waals surface area contributed by atoms with Gasteiger partial charge in [0.25, 0.3) is 0 Å². The number of aliphatic hydroxyl groups excluding tert-OH is 1. The van der Waals surface area contributed by atoms with E-state index >= 15 is 0 Å². The second kappa shape index (κ2) is 9.21. The second-order valence-electron chi connectivity index (χ2n) is 5.50. The number of hydrogen-bond acceptors (Lipinski definition) is 4. The van der Waals surface area contributed by atoms with Crippen LogP contribution in [0.5, 0.6) is 5.75 Å². The van der Waals surface area contributed by atoms with Crippen LogP contribution in [0.1, 0.15) is 27.2 Å². The summed E-state index contributed by atoms with van der Waals surface area (Å²) < 4.78 is 13.9. The van der Waals surface area contributed by atoms with E-state index in [0.29, 0.717) is 6.42 Å². The van der Waals surface area contributed by atoms with Gasteiger partial charge in [0.05, 0.1) is 12.6 Å². The molecule has 0 aromatic heterocycles. The molecule has 1 rings (SSSR count). The molecule has 0 heterocycles. The van der Waals surface area contributed by atoms with Crippen molar-refractivity contribution < 1.29 is 19.4 Å². The van der Waals surface area contributed by atoms with Gasteiger partial charge in [0.2, 0.25) is 0 Å². The van der Waals surface area contributed by atoms with E-state index < -0.39 is 11.5 Å². The van der Waals surface area contributed by atoms with Gasteiger partial charge < -0.3 is 14.6 Å². The largest absolute Gasteiger partial charge is 0.489 e. The van der Waals surface area contributed by atoms with Crippen molar-refractivity contribution in [3.63, 3.8) is 0 Å². The van der Waals surface area contributed by atoms with Crippen LogP contribution >= 0.6 is 67.8 Å². The molecule has 1 aromatic rings. The van der Waals surface area contributed by atoms with Crippen LogP contribution in [0.15, 0.2) is 12.1 Å². The summed E-state index contributed by atoms with van der Waals surface area (Å²) in [6.07, 6.45) is -0.153. The minimum absolute atomic E-state index is 0.0558. The summed E-state index contributed by atoms with van der Waals surface area (Å²) in [6.45, 7) is 5.62. The highest BCUT2D eigenvalue weighted by atomic mass is 127. The Morgan fingerprint density at radius 3 is 2.27 bits per heavy atom. The zero-order valence-electron chi connectivity index (χ0n) is 12.7. The van der Waals surface area contributed by atoms with Crippen molar-refractivity contribution in [1.82, 2.24) is 0 Å². The summed E-state index contributed by atoms with van der Waals surface area (Å²) in [5.41, 5.74) is -0.526. The van der Waals surface area contributed by atoms with Crippen LogP contribution in [-0.4, -0.2) is 30.4 Å². The fraction of sp³-hybridized carbons (Fsp3) is 0.533. The predicted octanol–water partition coefficient (Wildman–Crippen LogP) is 4.22. The Bertz CT molecular complexity index is 509. The van der Waals surface area contributed by atoms with Crippen LogP contribution in [0.4, 0.5) is 0 Å². The van der Waals surface area contributed by atoms with E-state index in [9.17, 15) is 9.90 Å². The van der Waals surface area contributed by atoms with Crippen LogP contribution in [0, 0.1) is 16.1 Å². The highest BCUT2D eigenvalue weighted by Gasteiger charge is 2.27. The summed E-state index contributed by atoms with van der Waals surface area (Å²) in [5.74, 6) is 0.452. The number of hydrogen-bond donors (Lipinski definition) is 1. The molecule has 1 N–H and O–H groups in total. The fourth-order valence-electron chi connectivity index (χ4n) is 1.41. The van der Waals surface area contributed by atoms with Crippen LogP contribution in [0.25, 0.3) is 0 Å². The standard InChI is InChI=1S/C15H19I3O4/c1-4-15(2,3)14(20)22-8-10(19)7-21-13-11(17)5-9(16)6-12(13)18/h5-6,10,19H,4,7-8H2,1-3H3. The van der Waals surface area contributed by atoms with Crippen molar-refractivity contribution in [2.24, 2.45) is 5.41 Å². The van der Waals surface area contributed by atoms with Crippen molar-refractivity contribution in [3.05, 3.63) is 22.8 Å². The first-order valence-corrected chi connectivity index (χ1v) is 10.0. The second-order valence-corrected chi connectivity index (χ2v) is 9.07. The molecule has 1 aromatic carbocycles. The van der Waals surface area contributed by atoms with Gasteiger partial charge in [-0.2, -0.15) is 0 Å². The summed E-state index contributed by atoms with van der Waals surface area (Å²) in [6, 6.07) is 4.02. The Hall–Kier alpha value is 0.640. The summed E-state index contributed by atoms with van der Waals surface area (Å²) in [4.78, 5) is 11.8. The van der Waals surface area contributed by atoms with Gasteiger partial charge in [-0.25, -0.2) is 0 Å². The average Bonchev–Trinajstić information content (AvgIpc) is 2.43. The number of halogens is 3. The molecule has 1 unspecified atom stereocenters. The maximum Gasteiger partial charge on any atom is 0.311 e. The number of aliphatic hydroxyl groups is 1. The fourth-order valence-corrected chi connectivity index (χ4v) is 5.30. The third-order valence-corrected chi connectivity index (χ3v) is 5.45. The van der Waals surface area contributed by atoms with Gasteiger partial charge in [-0.1, -0.05) is 6.92 Å². The Morgan fingerprint density at radius 1 is 1.23 bits per heavy atom. The molecule has 7 heteroatoms. The van der Waals surface area contributed by atoms with Crippen LogP contribution < -0.4 is 4.74 Å². The van der Waals surface area contributed by atoms with Gasteiger partial charge in [0.15, 0.2) is 0 Å². The molecular weight excluding hydrogens is 625 g/mol. The van der Waals surface area contributed by atoms with Crippen LogP contribution in [0.3, 0.4) is 0 Å². The Balaban J connectivity index is 2.51. The number of ether oxygens (including phenoxy) is 2. The van der Waals surface area contributed by atoms with E-state index in [1.54, 1.807) is 0 Å². The lowest BCUT2D eigenvalue weighted by atomic mass is 9.91. The first-order valence-electron chi connectivity index (χ1n) is 6.80. The molecule has 0 fully saturated rings. The number of rotatable bonds is 7. The first-order chi connectivity index (χ1) is 10.2. The lowest BCUT2D eigenvalue weighted by Gasteiger charge is -2.21. The van der Waals surface area contributed by atoms with Crippen molar-refractivity contribution >= 4 is 73.7 Å². The van der Waals surface area contributed by atoms with Crippen LogP contribution in [-0.2, 0) is 9.53 Å². The molecule has 0 amide bonds. The molecule has 0 spiro atoms. The number of carbonyl (C=O) groups excluding carboxylic acids is 1. The normalized spacial score (nSPS) is 12.9. The van der Waals surface area contributed by atoms with Crippen molar-refractivity contribution in [3.8, 4) is 5.75 Å². The molecular formula is C15H19I3O4. The smallest absolute Gasteiger partial charge is 0.311 e. The molecule has 0 aliphatic carbocycles. The maximum absolute atomic E-state index is 11.8. The van der Waals surface area contributed by atoms with E-state index in [1.165, 1.54) is 0 Å². The molecule has 124 valence electrons. The van der Waals surface area contributed by atoms with Gasteiger partial charge in [-0.3, -0.25) is 4.79 Å². The van der Waals surface area contributed by atoms with E-state index in [4.69, 9.17) is 9.47 Å². The van der Waals surface area contributed by atoms with Gasteiger partial charge in [-0.15, -0.1) is 0 Å². The third-order valence-electron chi connectivity index (χ3n) is 3.23. The zero-order chi connectivity index (χ0) is 16.9. The highest BCUT2D eigenvalue weighted by Crippen LogP contribution is 2.29. The average molecular weight is 644 g/mol. The molecule has 0 saturated heterocycles. The molecule has 4 nitrogen and oxygen atoms in total. The first kappa shape index (κ1) is 20.7. The highest BCUT2D eigenvalue weighted by molar-refractivity contribution is 14.1. The van der Waals surface area contributed by atoms with Crippen LogP contribution in [0.2, 0.25) is 0 Å². The Kier molecular flexibility index (Phi) is 8.66. The summed E-state index contributed by atoms with van der Waals surface area (Å²) in [5, 5.41) is 9.93. The monoisotopic (exact) mass is 644 g/mol. The van der Waals surface area contributed by atoms with Crippen molar-refractivity contribution in [2.45, 2.75) is 33.3 Å². The molecule has 0 aliphatic heterocycles. The Morgan fingerprint density at radius 2 is 1.77 bits per heavy atom. The molecule has 0 aliphatic rings. The van der Waals surface area contributed by atoms with Gasteiger partial charge >= 0.3 is 5.97 Å². The quantitative estimate of drug-likeness (QED) is 0.357. The zero-order valence-corrected chi connectivity index (χ0v) is 19.1. The number of carbonyl (C=O) groups is 1. The summed E-state index contributed by atoms with van der Waals surface area (Å²) in [7, 11) is 0. The summed E-state index contributed by atoms with van der Waals surface area (Å²) >= 11 is 6.66. The predicted molar refractivity (Wildman–Crippen MR) is 111 cm³/mol. The maximum atomic E-state index is 11.8.